The van der Waals surface area contributed by atoms with Gasteiger partial charge in [-0.05, 0) is 56.0 Å². The largest absolute Gasteiger partial charge is 0.496 e. The first-order chi connectivity index (χ1) is 10.2. The summed E-state index contributed by atoms with van der Waals surface area (Å²) in [6, 6.07) is 6.24. The van der Waals surface area contributed by atoms with Crippen molar-refractivity contribution in [3.05, 3.63) is 29.3 Å². The van der Waals surface area contributed by atoms with Crippen LogP contribution in [0.1, 0.15) is 42.9 Å². The smallest absolute Gasteiger partial charge is 0.121 e. The van der Waals surface area contributed by atoms with Crippen molar-refractivity contribution in [1.29, 1.82) is 0 Å². The summed E-state index contributed by atoms with van der Waals surface area (Å²) in [6.07, 6.45) is 3.83. The van der Waals surface area contributed by atoms with Crippen LogP contribution in [-0.2, 0) is 0 Å². The molecule has 2 rings (SSSR count). The monoisotopic (exact) mass is 293 g/mol. The lowest BCUT2D eigenvalue weighted by atomic mass is 9.98. The van der Waals surface area contributed by atoms with Crippen molar-refractivity contribution in [1.82, 2.24) is 4.90 Å². The van der Waals surface area contributed by atoms with Gasteiger partial charge < -0.3 is 14.9 Å². The van der Waals surface area contributed by atoms with E-state index < -0.39 is 6.10 Å². The average molecular weight is 293 g/mol. The van der Waals surface area contributed by atoms with Crippen LogP contribution in [0.4, 0.5) is 0 Å². The van der Waals surface area contributed by atoms with E-state index in [2.05, 4.69) is 4.90 Å². The Labute approximate surface area is 127 Å². The van der Waals surface area contributed by atoms with Gasteiger partial charge in [0.15, 0.2) is 0 Å². The van der Waals surface area contributed by atoms with Crippen LogP contribution in [0.5, 0.6) is 5.75 Å². The van der Waals surface area contributed by atoms with Crippen LogP contribution in [0.3, 0.4) is 0 Å². The van der Waals surface area contributed by atoms with Crippen LogP contribution in [0.2, 0.25) is 0 Å². The maximum absolute atomic E-state index is 10.5. The predicted molar refractivity (Wildman–Crippen MR) is 83.6 cm³/mol. The summed E-state index contributed by atoms with van der Waals surface area (Å²) >= 11 is 0. The molecule has 2 unspecified atom stereocenters. The van der Waals surface area contributed by atoms with Gasteiger partial charge in [0.05, 0.1) is 13.2 Å². The number of β-amino-alcohol motifs (C(OH)–C–C–N with tert-alkyl or cyclic N) is 1. The highest BCUT2D eigenvalue weighted by molar-refractivity contribution is 5.37. The summed E-state index contributed by atoms with van der Waals surface area (Å²) in [5.41, 5.74) is 1.97. The van der Waals surface area contributed by atoms with E-state index in [1.807, 2.05) is 25.1 Å². The molecule has 1 aromatic rings. The molecule has 1 aromatic carbocycles. The minimum absolute atomic E-state index is 0.221. The molecule has 0 aromatic heterocycles. The SMILES string of the molecule is COc1ccc(C(O)CN2CCCCC2CCO)cc1C. The van der Waals surface area contributed by atoms with Crippen LogP contribution in [0.15, 0.2) is 18.2 Å². The molecule has 0 radical (unpaired) electrons. The molecular weight excluding hydrogens is 266 g/mol. The maximum Gasteiger partial charge on any atom is 0.121 e. The molecule has 0 aliphatic carbocycles. The fourth-order valence-corrected chi connectivity index (χ4v) is 3.21. The van der Waals surface area contributed by atoms with Gasteiger partial charge in [0.1, 0.15) is 5.75 Å². The number of likely N-dealkylation sites (tertiary alicyclic amines) is 1. The van der Waals surface area contributed by atoms with E-state index >= 15 is 0 Å². The van der Waals surface area contributed by atoms with Gasteiger partial charge in [-0.1, -0.05) is 12.5 Å². The number of ether oxygens (including phenoxy) is 1. The van der Waals surface area contributed by atoms with Gasteiger partial charge in [-0.25, -0.2) is 0 Å². The summed E-state index contributed by atoms with van der Waals surface area (Å²) < 4.78 is 5.26. The molecule has 21 heavy (non-hydrogen) atoms. The van der Waals surface area contributed by atoms with E-state index in [0.717, 1.165) is 36.3 Å². The number of benzene rings is 1. The first-order valence-corrected chi connectivity index (χ1v) is 7.83. The molecule has 2 atom stereocenters. The molecule has 1 fully saturated rings. The number of piperidine rings is 1. The standard InChI is InChI=1S/C17H27NO3/c1-13-11-14(6-7-17(13)21-2)16(20)12-18-9-4-3-5-15(18)8-10-19/h6-7,11,15-16,19-20H,3-5,8-10,12H2,1-2H3. The van der Waals surface area contributed by atoms with Crippen molar-refractivity contribution in [2.24, 2.45) is 0 Å². The Hall–Kier alpha value is -1.10. The fourth-order valence-electron chi connectivity index (χ4n) is 3.21. The van der Waals surface area contributed by atoms with Crippen molar-refractivity contribution in [3.8, 4) is 5.75 Å². The van der Waals surface area contributed by atoms with Crippen molar-refractivity contribution >= 4 is 0 Å². The van der Waals surface area contributed by atoms with Crippen molar-refractivity contribution in [2.45, 2.75) is 44.8 Å². The van der Waals surface area contributed by atoms with Crippen molar-refractivity contribution < 1.29 is 14.9 Å². The molecule has 0 spiro atoms. The highest BCUT2D eigenvalue weighted by Gasteiger charge is 2.24. The van der Waals surface area contributed by atoms with Crippen molar-refractivity contribution in [3.63, 3.8) is 0 Å². The van der Waals surface area contributed by atoms with Gasteiger partial charge in [-0.15, -0.1) is 0 Å². The molecule has 118 valence electrons. The van der Waals surface area contributed by atoms with E-state index in [1.54, 1.807) is 7.11 Å². The van der Waals surface area contributed by atoms with Crippen LogP contribution in [0, 0.1) is 6.92 Å². The zero-order valence-electron chi connectivity index (χ0n) is 13.1. The van der Waals surface area contributed by atoms with Gasteiger partial charge >= 0.3 is 0 Å². The Balaban J connectivity index is 2.02. The van der Waals surface area contributed by atoms with Crippen LogP contribution in [-0.4, -0.2) is 48.0 Å². The zero-order chi connectivity index (χ0) is 15.2. The lowest BCUT2D eigenvalue weighted by Crippen LogP contribution is -2.42. The van der Waals surface area contributed by atoms with E-state index in [9.17, 15) is 10.2 Å². The van der Waals surface area contributed by atoms with E-state index in [4.69, 9.17) is 4.74 Å². The van der Waals surface area contributed by atoms with Crippen LogP contribution >= 0.6 is 0 Å². The number of aliphatic hydroxyl groups is 2. The first-order valence-electron chi connectivity index (χ1n) is 7.83. The second kappa shape index (κ2) is 7.78. The summed E-state index contributed by atoms with van der Waals surface area (Å²) in [4.78, 5) is 2.32. The molecule has 1 saturated heterocycles. The Bertz CT molecular complexity index is 448. The van der Waals surface area contributed by atoms with E-state index in [1.165, 1.54) is 12.8 Å². The molecule has 0 bridgehead atoms. The first kappa shape index (κ1) is 16.3. The number of aliphatic hydroxyl groups excluding tert-OH is 2. The number of methoxy groups -OCH3 is 1. The Morgan fingerprint density at radius 2 is 2.19 bits per heavy atom. The van der Waals surface area contributed by atoms with Crippen molar-refractivity contribution in [2.75, 3.05) is 26.8 Å². The zero-order valence-corrected chi connectivity index (χ0v) is 13.1. The van der Waals surface area contributed by atoms with Gasteiger partial charge in [-0.2, -0.15) is 0 Å². The number of rotatable bonds is 6. The minimum atomic E-state index is -0.492. The fraction of sp³-hybridized carbons (Fsp3) is 0.647. The molecule has 0 saturated carbocycles. The minimum Gasteiger partial charge on any atom is -0.496 e. The predicted octanol–water partition coefficient (Wildman–Crippen LogP) is 2.27. The van der Waals surface area contributed by atoms with Crippen LogP contribution in [0.25, 0.3) is 0 Å². The summed E-state index contributed by atoms with van der Waals surface area (Å²) in [5, 5.41) is 19.7. The second-order valence-corrected chi connectivity index (χ2v) is 5.90. The number of hydrogen-bond acceptors (Lipinski definition) is 4. The normalized spacial score (nSPS) is 21.2. The molecule has 4 heteroatoms. The Kier molecular flexibility index (Phi) is 6.03. The van der Waals surface area contributed by atoms with E-state index in [0.29, 0.717) is 12.6 Å². The molecule has 0 amide bonds. The molecule has 1 aliphatic heterocycles. The summed E-state index contributed by atoms with van der Waals surface area (Å²) in [6.45, 7) is 3.86. The third-order valence-electron chi connectivity index (χ3n) is 4.42. The molecular formula is C17H27NO3. The molecule has 2 N–H and O–H groups in total. The summed E-state index contributed by atoms with van der Waals surface area (Å²) in [7, 11) is 1.66. The van der Waals surface area contributed by atoms with Gasteiger partial charge in [0.25, 0.3) is 0 Å². The molecule has 1 aliphatic rings. The average Bonchev–Trinajstić information content (AvgIpc) is 2.49. The van der Waals surface area contributed by atoms with E-state index in [-0.39, 0.29) is 6.61 Å². The number of nitrogens with zero attached hydrogens (tertiary/aromatic N) is 1. The number of hydrogen-bond donors (Lipinski definition) is 2. The Morgan fingerprint density at radius 1 is 1.38 bits per heavy atom. The van der Waals surface area contributed by atoms with Gasteiger partial charge in [0, 0.05) is 19.2 Å². The van der Waals surface area contributed by atoms with Crippen LogP contribution < -0.4 is 4.74 Å². The summed E-state index contributed by atoms with van der Waals surface area (Å²) in [5.74, 6) is 0.849. The van der Waals surface area contributed by atoms with Gasteiger partial charge in [-0.3, -0.25) is 4.90 Å². The topological polar surface area (TPSA) is 52.9 Å². The lowest BCUT2D eigenvalue weighted by Gasteiger charge is -2.36. The molecule has 4 nitrogen and oxygen atoms in total. The lowest BCUT2D eigenvalue weighted by molar-refractivity contribution is 0.0564. The quantitative estimate of drug-likeness (QED) is 0.845. The second-order valence-electron chi connectivity index (χ2n) is 5.90. The highest BCUT2D eigenvalue weighted by Crippen LogP contribution is 2.26. The third-order valence-corrected chi connectivity index (χ3v) is 4.42. The highest BCUT2D eigenvalue weighted by atomic mass is 16.5. The maximum atomic E-state index is 10.5. The Morgan fingerprint density at radius 3 is 2.86 bits per heavy atom. The van der Waals surface area contributed by atoms with Gasteiger partial charge in [0.2, 0.25) is 0 Å². The molecule has 1 heterocycles. The third kappa shape index (κ3) is 4.19. The number of aryl methyl sites for hydroxylation is 1.